The Hall–Kier alpha value is -0.210. The normalized spacial score (nSPS) is 23.6. The van der Waals surface area contributed by atoms with Gasteiger partial charge in [-0.25, -0.2) is 12.8 Å². The Bertz CT molecular complexity index is 599. The molecular weight excluding hydrogens is 371 g/mol. The zero-order chi connectivity index (χ0) is 14.3. The minimum Gasteiger partial charge on any atom is -0.330 e. The summed E-state index contributed by atoms with van der Waals surface area (Å²) in [6.45, 7) is 3.07. The van der Waals surface area contributed by atoms with Crippen LogP contribution in [0.15, 0.2) is 27.6 Å². The Morgan fingerprint density at radius 3 is 2.70 bits per heavy atom. The minimum atomic E-state index is -3.80. The number of rotatable bonds is 3. The first-order chi connectivity index (χ1) is 8.80. The standard InChI is InChI=1S/C12H16BrFN2O2S.ClH/c1-12(7-15)5-6-16(8-12)19(17,18)10-4-2-3-9(13)11(10)14;/h2-4H,5-8,15H2,1H3;1H. The molecule has 1 aliphatic rings. The maximum absolute atomic E-state index is 13.9. The molecular formula is C12H17BrClFN2O2S. The van der Waals surface area contributed by atoms with Crippen molar-refractivity contribution >= 4 is 38.4 Å². The van der Waals surface area contributed by atoms with Crippen molar-refractivity contribution in [1.29, 1.82) is 0 Å². The molecule has 8 heteroatoms. The van der Waals surface area contributed by atoms with Crippen molar-refractivity contribution in [3.63, 3.8) is 0 Å². The molecule has 0 amide bonds. The van der Waals surface area contributed by atoms with Gasteiger partial charge >= 0.3 is 0 Å². The Morgan fingerprint density at radius 1 is 1.50 bits per heavy atom. The Balaban J connectivity index is 0.00000200. The van der Waals surface area contributed by atoms with Gasteiger partial charge in [-0.1, -0.05) is 13.0 Å². The second kappa shape index (κ2) is 6.27. The molecule has 1 aromatic carbocycles. The summed E-state index contributed by atoms with van der Waals surface area (Å²) in [6.07, 6.45) is 0.693. The van der Waals surface area contributed by atoms with E-state index in [0.29, 0.717) is 26.1 Å². The van der Waals surface area contributed by atoms with Crippen LogP contribution in [0.4, 0.5) is 4.39 Å². The second-order valence-electron chi connectivity index (χ2n) is 5.16. The van der Waals surface area contributed by atoms with Crippen LogP contribution in [-0.2, 0) is 10.0 Å². The molecule has 0 radical (unpaired) electrons. The smallest absolute Gasteiger partial charge is 0.246 e. The molecule has 1 unspecified atom stereocenters. The third-order valence-corrected chi connectivity index (χ3v) is 6.02. The summed E-state index contributed by atoms with van der Waals surface area (Å²) in [4.78, 5) is -0.289. The van der Waals surface area contributed by atoms with Gasteiger partial charge in [-0.15, -0.1) is 12.4 Å². The second-order valence-corrected chi connectivity index (χ2v) is 7.92. The highest BCUT2D eigenvalue weighted by Gasteiger charge is 2.40. The van der Waals surface area contributed by atoms with Gasteiger partial charge < -0.3 is 5.73 Å². The summed E-state index contributed by atoms with van der Waals surface area (Å²) in [5.74, 6) is -0.746. The SMILES string of the molecule is CC1(CN)CCN(S(=O)(=O)c2cccc(Br)c2F)C1.Cl. The zero-order valence-corrected chi connectivity index (χ0v) is 14.2. The van der Waals surface area contributed by atoms with Gasteiger partial charge in [0.1, 0.15) is 4.90 Å². The number of nitrogens with two attached hydrogens (primary N) is 1. The van der Waals surface area contributed by atoms with E-state index < -0.39 is 15.8 Å². The molecule has 2 N–H and O–H groups in total. The van der Waals surface area contributed by atoms with Crippen LogP contribution in [0.5, 0.6) is 0 Å². The monoisotopic (exact) mass is 386 g/mol. The topological polar surface area (TPSA) is 63.4 Å². The molecule has 1 aliphatic heterocycles. The lowest BCUT2D eigenvalue weighted by Crippen LogP contribution is -2.34. The van der Waals surface area contributed by atoms with E-state index in [4.69, 9.17) is 5.73 Å². The van der Waals surface area contributed by atoms with Crippen LogP contribution in [0.1, 0.15) is 13.3 Å². The van der Waals surface area contributed by atoms with Crippen LogP contribution in [0.25, 0.3) is 0 Å². The molecule has 2 rings (SSSR count). The van der Waals surface area contributed by atoms with Crippen LogP contribution in [0.3, 0.4) is 0 Å². The third kappa shape index (κ3) is 3.17. The highest BCUT2D eigenvalue weighted by Crippen LogP contribution is 2.34. The summed E-state index contributed by atoms with van der Waals surface area (Å²) in [7, 11) is -3.80. The van der Waals surface area contributed by atoms with Crippen LogP contribution in [0, 0.1) is 11.2 Å². The molecule has 114 valence electrons. The van der Waals surface area contributed by atoms with E-state index in [1.165, 1.54) is 22.5 Å². The zero-order valence-electron chi connectivity index (χ0n) is 11.0. The molecule has 1 aromatic rings. The Morgan fingerprint density at radius 2 is 2.15 bits per heavy atom. The first-order valence-corrected chi connectivity index (χ1v) is 8.18. The average molecular weight is 388 g/mol. The fourth-order valence-corrected chi connectivity index (χ4v) is 4.35. The molecule has 0 spiro atoms. The summed E-state index contributed by atoms with van der Waals surface area (Å²) in [5.41, 5.74) is 5.44. The van der Waals surface area contributed by atoms with E-state index in [-0.39, 0.29) is 27.2 Å². The lowest BCUT2D eigenvalue weighted by Gasteiger charge is -2.22. The van der Waals surface area contributed by atoms with Gasteiger partial charge in [-0.3, -0.25) is 0 Å². The predicted octanol–water partition coefficient (Wildman–Crippen LogP) is 2.37. The first-order valence-electron chi connectivity index (χ1n) is 5.94. The fourth-order valence-electron chi connectivity index (χ4n) is 2.17. The minimum absolute atomic E-state index is 0. The van der Waals surface area contributed by atoms with Crippen LogP contribution < -0.4 is 5.73 Å². The predicted molar refractivity (Wildman–Crippen MR) is 81.9 cm³/mol. The number of halogens is 3. The molecule has 20 heavy (non-hydrogen) atoms. The van der Waals surface area contributed by atoms with Gasteiger partial charge in [-0.2, -0.15) is 4.31 Å². The summed E-state index contributed by atoms with van der Waals surface area (Å²) in [6, 6.07) is 4.27. The van der Waals surface area contributed by atoms with Crippen molar-refractivity contribution in [2.24, 2.45) is 11.1 Å². The van der Waals surface area contributed by atoms with Crippen LogP contribution >= 0.6 is 28.3 Å². The molecule has 1 saturated heterocycles. The van der Waals surface area contributed by atoms with Crippen molar-refractivity contribution in [3.05, 3.63) is 28.5 Å². The number of hydrogen-bond acceptors (Lipinski definition) is 3. The lowest BCUT2D eigenvalue weighted by molar-refractivity contribution is 0.349. The van der Waals surface area contributed by atoms with Gasteiger partial charge in [0.25, 0.3) is 0 Å². The quantitative estimate of drug-likeness (QED) is 0.866. The Labute approximate surface area is 133 Å². The summed E-state index contributed by atoms with van der Waals surface area (Å²) >= 11 is 3.01. The average Bonchev–Trinajstić information content (AvgIpc) is 2.77. The number of benzene rings is 1. The van der Waals surface area contributed by atoms with E-state index in [1.807, 2.05) is 6.92 Å². The van der Waals surface area contributed by atoms with Crippen LogP contribution in [0.2, 0.25) is 0 Å². The van der Waals surface area contributed by atoms with Gasteiger partial charge in [0.2, 0.25) is 10.0 Å². The van der Waals surface area contributed by atoms with Crippen LogP contribution in [-0.4, -0.2) is 32.4 Å². The van der Waals surface area contributed by atoms with E-state index in [0.717, 1.165) is 0 Å². The maximum atomic E-state index is 13.9. The van der Waals surface area contributed by atoms with Gasteiger partial charge in [-0.05, 0) is 46.4 Å². The van der Waals surface area contributed by atoms with E-state index in [2.05, 4.69) is 15.9 Å². The van der Waals surface area contributed by atoms with Crippen molar-refractivity contribution in [1.82, 2.24) is 4.31 Å². The molecule has 0 aliphatic carbocycles. The molecule has 1 atom stereocenters. The fraction of sp³-hybridized carbons (Fsp3) is 0.500. The molecule has 1 fully saturated rings. The van der Waals surface area contributed by atoms with Crippen molar-refractivity contribution in [2.75, 3.05) is 19.6 Å². The number of sulfonamides is 1. The molecule has 4 nitrogen and oxygen atoms in total. The van der Waals surface area contributed by atoms with Crippen molar-refractivity contribution in [2.45, 2.75) is 18.2 Å². The molecule has 1 heterocycles. The summed E-state index contributed by atoms with van der Waals surface area (Å²) in [5, 5.41) is 0. The van der Waals surface area contributed by atoms with Gasteiger partial charge in [0, 0.05) is 13.1 Å². The Kier molecular flexibility index (Phi) is 5.60. The van der Waals surface area contributed by atoms with Gasteiger partial charge in [0.05, 0.1) is 4.47 Å². The molecule has 0 saturated carbocycles. The largest absolute Gasteiger partial charge is 0.330 e. The number of nitrogens with zero attached hydrogens (tertiary/aromatic N) is 1. The van der Waals surface area contributed by atoms with E-state index in [9.17, 15) is 12.8 Å². The van der Waals surface area contributed by atoms with Gasteiger partial charge in [0.15, 0.2) is 5.82 Å². The summed E-state index contributed by atoms with van der Waals surface area (Å²) < 4.78 is 40.3. The molecule has 0 bridgehead atoms. The maximum Gasteiger partial charge on any atom is 0.246 e. The van der Waals surface area contributed by atoms with Crippen molar-refractivity contribution < 1.29 is 12.8 Å². The van der Waals surface area contributed by atoms with Crippen molar-refractivity contribution in [3.8, 4) is 0 Å². The van der Waals surface area contributed by atoms with E-state index >= 15 is 0 Å². The third-order valence-electron chi connectivity index (χ3n) is 3.55. The molecule has 0 aromatic heterocycles. The van der Waals surface area contributed by atoms with E-state index in [1.54, 1.807) is 0 Å². The highest BCUT2D eigenvalue weighted by molar-refractivity contribution is 9.10. The lowest BCUT2D eigenvalue weighted by atomic mass is 9.90. The number of hydrogen-bond donors (Lipinski definition) is 1. The highest BCUT2D eigenvalue weighted by atomic mass is 79.9. The first kappa shape index (κ1) is 17.8.